The number of aryl methyl sites for hydroxylation is 1. The van der Waals surface area contributed by atoms with Crippen LogP contribution in [-0.2, 0) is 11.8 Å². The zero-order valence-electron chi connectivity index (χ0n) is 9.41. The standard InChI is InChI=1S/C11H18BrN3/c1-8(2)3-6-10-13-14-11(7-12)15(10)9-4-5-9/h8-9H,3-7H2,1-2H3. The predicted molar refractivity (Wildman–Crippen MR) is 64.1 cm³/mol. The molecule has 0 radical (unpaired) electrons. The summed E-state index contributed by atoms with van der Waals surface area (Å²) in [5.41, 5.74) is 0. The van der Waals surface area contributed by atoms with Crippen molar-refractivity contribution in [2.75, 3.05) is 0 Å². The van der Waals surface area contributed by atoms with E-state index >= 15 is 0 Å². The van der Waals surface area contributed by atoms with Crippen molar-refractivity contribution in [1.82, 2.24) is 14.8 Å². The molecule has 0 aromatic carbocycles. The van der Waals surface area contributed by atoms with E-state index in [2.05, 4.69) is 44.5 Å². The molecule has 0 aliphatic heterocycles. The van der Waals surface area contributed by atoms with Gasteiger partial charge in [0.25, 0.3) is 0 Å². The Morgan fingerprint density at radius 1 is 1.33 bits per heavy atom. The van der Waals surface area contributed by atoms with E-state index in [0.29, 0.717) is 6.04 Å². The minimum absolute atomic E-state index is 0.690. The molecule has 0 saturated heterocycles. The number of alkyl halides is 1. The van der Waals surface area contributed by atoms with Crippen molar-refractivity contribution >= 4 is 15.9 Å². The van der Waals surface area contributed by atoms with Crippen LogP contribution in [0.5, 0.6) is 0 Å². The summed E-state index contributed by atoms with van der Waals surface area (Å²) in [4.78, 5) is 0. The average molecular weight is 272 g/mol. The lowest BCUT2D eigenvalue weighted by atomic mass is 10.1. The van der Waals surface area contributed by atoms with E-state index < -0.39 is 0 Å². The summed E-state index contributed by atoms with van der Waals surface area (Å²) < 4.78 is 2.34. The van der Waals surface area contributed by atoms with Crippen LogP contribution in [0.25, 0.3) is 0 Å². The second-order valence-corrected chi connectivity index (χ2v) is 5.26. The molecular weight excluding hydrogens is 254 g/mol. The van der Waals surface area contributed by atoms with E-state index in [1.165, 1.54) is 25.1 Å². The van der Waals surface area contributed by atoms with Gasteiger partial charge in [0.05, 0.1) is 5.33 Å². The number of nitrogens with zero attached hydrogens (tertiary/aromatic N) is 3. The summed E-state index contributed by atoms with van der Waals surface area (Å²) in [7, 11) is 0. The molecule has 4 heteroatoms. The highest BCUT2D eigenvalue weighted by Gasteiger charge is 2.28. The van der Waals surface area contributed by atoms with Crippen molar-refractivity contribution in [3.8, 4) is 0 Å². The van der Waals surface area contributed by atoms with Gasteiger partial charge in [-0.25, -0.2) is 0 Å². The van der Waals surface area contributed by atoms with Crippen LogP contribution in [0.1, 0.15) is 50.8 Å². The van der Waals surface area contributed by atoms with Gasteiger partial charge >= 0.3 is 0 Å². The monoisotopic (exact) mass is 271 g/mol. The SMILES string of the molecule is CC(C)CCc1nnc(CBr)n1C1CC1. The highest BCUT2D eigenvalue weighted by Crippen LogP contribution is 2.37. The number of hydrogen-bond donors (Lipinski definition) is 0. The van der Waals surface area contributed by atoms with Crippen LogP contribution >= 0.6 is 15.9 Å². The summed E-state index contributed by atoms with van der Waals surface area (Å²) in [5, 5.41) is 9.36. The van der Waals surface area contributed by atoms with Gasteiger partial charge in [0.15, 0.2) is 0 Å². The Morgan fingerprint density at radius 2 is 2.00 bits per heavy atom. The van der Waals surface area contributed by atoms with E-state index in [-0.39, 0.29) is 0 Å². The quantitative estimate of drug-likeness (QED) is 0.771. The van der Waals surface area contributed by atoms with Crippen LogP contribution in [0.15, 0.2) is 0 Å². The van der Waals surface area contributed by atoms with Crippen molar-refractivity contribution in [3.05, 3.63) is 11.6 Å². The largest absolute Gasteiger partial charge is 0.311 e. The van der Waals surface area contributed by atoms with E-state index in [4.69, 9.17) is 0 Å². The molecule has 0 atom stereocenters. The van der Waals surface area contributed by atoms with E-state index in [9.17, 15) is 0 Å². The number of halogens is 1. The molecule has 1 saturated carbocycles. The third kappa shape index (κ3) is 2.60. The van der Waals surface area contributed by atoms with Crippen molar-refractivity contribution in [2.45, 2.75) is 50.9 Å². The summed E-state index contributed by atoms with van der Waals surface area (Å²) >= 11 is 3.47. The van der Waals surface area contributed by atoms with Crippen LogP contribution in [0, 0.1) is 5.92 Å². The van der Waals surface area contributed by atoms with Crippen LogP contribution in [-0.4, -0.2) is 14.8 Å². The molecule has 0 N–H and O–H groups in total. The van der Waals surface area contributed by atoms with Crippen LogP contribution < -0.4 is 0 Å². The second-order valence-electron chi connectivity index (χ2n) is 4.70. The fourth-order valence-corrected chi connectivity index (χ4v) is 2.18. The Labute approximate surface area is 99.4 Å². The smallest absolute Gasteiger partial charge is 0.143 e. The number of rotatable bonds is 5. The number of hydrogen-bond acceptors (Lipinski definition) is 2. The van der Waals surface area contributed by atoms with Gasteiger partial charge in [0.2, 0.25) is 0 Å². The molecule has 3 nitrogen and oxygen atoms in total. The Balaban J connectivity index is 2.11. The van der Waals surface area contributed by atoms with Crippen molar-refractivity contribution in [3.63, 3.8) is 0 Å². The van der Waals surface area contributed by atoms with Gasteiger partial charge in [-0.3, -0.25) is 0 Å². The van der Waals surface area contributed by atoms with Gasteiger partial charge in [-0.2, -0.15) is 0 Å². The Hall–Kier alpha value is -0.380. The fraction of sp³-hybridized carbons (Fsp3) is 0.818. The molecule has 0 bridgehead atoms. The third-order valence-corrected chi connectivity index (χ3v) is 3.32. The molecule has 0 spiro atoms. The van der Waals surface area contributed by atoms with Gasteiger partial charge in [-0.15, -0.1) is 10.2 Å². The van der Waals surface area contributed by atoms with Crippen LogP contribution in [0.3, 0.4) is 0 Å². The zero-order chi connectivity index (χ0) is 10.8. The summed E-state index contributed by atoms with van der Waals surface area (Å²) in [6, 6.07) is 0.690. The summed E-state index contributed by atoms with van der Waals surface area (Å²) in [6.07, 6.45) is 4.86. The Morgan fingerprint density at radius 3 is 2.53 bits per heavy atom. The minimum Gasteiger partial charge on any atom is -0.311 e. The maximum Gasteiger partial charge on any atom is 0.143 e. The average Bonchev–Trinajstić information content (AvgIpc) is 2.96. The third-order valence-electron chi connectivity index (χ3n) is 2.81. The summed E-state index contributed by atoms with van der Waals surface area (Å²) in [5.74, 6) is 3.01. The molecule has 1 aliphatic rings. The lowest BCUT2D eigenvalue weighted by Gasteiger charge is -2.08. The van der Waals surface area contributed by atoms with E-state index in [1.807, 2.05) is 0 Å². The first kappa shape index (κ1) is 11.1. The molecule has 1 aliphatic carbocycles. The zero-order valence-corrected chi connectivity index (χ0v) is 11.0. The lowest BCUT2D eigenvalue weighted by Crippen LogP contribution is -2.06. The van der Waals surface area contributed by atoms with Gasteiger partial charge < -0.3 is 4.57 Å². The molecule has 2 rings (SSSR count). The van der Waals surface area contributed by atoms with Crippen LogP contribution in [0.4, 0.5) is 0 Å². The maximum absolute atomic E-state index is 4.30. The second kappa shape index (κ2) is 4.64. The topological polar surface area (TPSA) is 30.7 Å². The molecular formula is C11H18BrN3. The van der Waals surface area contributed by atoms with Gasteiger partial charge in [-0.05, 0) is 25.2 Å². The van der Waals surface area contributed by atoms with Crippen molar-refractivity contribution in [2.24, 2.45) is 5.92 Å². The van der Waals surface area contributed by atoms with Gasteiger partial charge in [0.1, 0.15) is 11.6 Å². The van der Waals surface area contributed by atoms with Crippen molar-refractivity contribution < 1.29 is 0 Å². The highest BCUT2D eigenvalue weighted by molar-refractivity contribution is 9.08. The van der Waals surface area contributed by atoms with Gasteiger partial charge in [0, 0.05) is 12.5 Å². The van der Waals surface area contributed by atoms with E-state index in [0.717, 1.165) is 23.5 Å². The molecule has 1 aromatic heterocycles. The normalized spacial score (nSPS) is 16.3. The minimum atomic E-state index is 0.690. The predicted octanol–water partition coefficient (Wildman–Crippen LogP) is 3.10. The first-order valence-corrected chi connectivity index (χ1v) is 6.83. The maximum atomic E-state index is 4.30. The molecule has 1 heterocycles. The molecule has 0 unspecified atom stereocenters. The molecule has 1 aromatic rings. The van der Waals surface area contributed by atoms with Crippen molar-refractivity contribution in [1.29, 1.82) is 0 Å². The molecule has 15 heavy (non-hydrogen) atoms. The highest BCUT2D eigenvalue weighted by atomic mass is 79.9. The van der Waals surface area contributed by atoms with Crippen LogP contribution in [0.2, 0.25) is 0 Å². The number of aromatic nitrogens is 3. The molecule has 84 valence electrons. The Kier molecular flexibility index (Phi) is 3.44. The van der Waals surface area contributed by atoms with E-state index in [1.54, 1.807) is 0 Å². The van der Waals surface area contributed by atoms with Gasteiger partial charge in [-0.1, -0.05) is 29.8 Å². The lowest BCUT2D eigenvalue weighted by molar-refractivity contribution is 0.552. The fourth-order valence-electron chi connectivity index (χ4n) is 1.79. The molecule has 0 amide bonds. The summed E-state index contributed by atoms with van der Waals surface area (Å²) in [6.45, 7) is 4.51. The first-order chi connectivity index (χ1) is 7.22. The first-order valence-electron chi connectivity index (χ1n) is 5.71. The Bertz CT molecular complexity index is 329. The molecule has 1 fully saturated rings.